The lowest BCUT2D eigenvalue weighted by atomic mass is 10.1. The molecular formula is C15H17N3O2. The van der Waals surface area contributed by atoms with E-state index in [0.29, 0.717) is 18.9 Å². The lowest BCUT2D eigenvalue weighted by Gasteiger charge is -2.34. The van der Waals surface area contributed by atoms with Crippen LogP contribution < -0.4 is 0 Å². The first-order valence-corrected chi connectivity index (χ1v) is 7.08. The van der Waals surface area contributed by atoms with Crippen LogP contribution >= 0.6 is 0 Å². The average Bonchev–Trinajstić information content (AvgIpc) is 2.93. The number of carbonyl (C=O) groups is 1. The van der Waals surface area contributed by atoms with Crippen LogP contribution in [0.2, 0.25) is 0 Å². The number of fused-ring (bicyclic) bond motifs is 3. The van der Waals surface area contributed by atoms with Crippen molar-refractivity contribution < 1.29 is 9.53 Å². The quantitative estimate of drug-likeness (QED) is 0.791. The van der Waals surface area contributed by atoms with Gasteiger partial charge in [0.05, 0.1) is 30.8 Å². The van der Waals surface area contributed by atoms with Crippen LogP contribution in [0.5, 0.6) is 0 Å². The summed E-state index contributed by atoms with van der Waals surface area (Å²) < 4.78 is 7.33. The third-order valence-corrected chi connectivity index (χ3v) is 4.44. The zero-order chi connectivity index (χ0) is 13.7. The number of morpholine rings is 1. The third kappa shape index (κ3) is 1.59. The van der Waals surface area contributed by atoms with Gasteiger partial charge in [0.25, 0.3) is 5.91 Å². The van der Waals surface area contributed by atoms with Gasteiger partial charge in [0.2, 0.25) is 0 Å². The fraction of sp³-hybridized carbons (Fsp3) is 0.467. The van der Waals surface area contributed by atoms with Gasteiger partial charge in [0, 0.05) is 12.4 Å². The fourth-order valence-electron chi connectivity index (χ4n) is 3.45. The molecule has 0 saturated carbocycles. The van der Waals surface area contributed by atoms with Gasteiger partial charge in [0.15, 0.2) is 5.69 Å². The molecule has 2 unspecified atom stereocenters. The van der Waals surface area contributed by atoms with Crippen molar-refractivity contribution in [2.75, 3.05) is 13.2 Å². The minimum atomic E-state index is 0.0533. The smallest absolute Gasteiger partial charge is 0.275 e. The Morgan fingerprint density at radius 1 is 1.25 bits per heavy atom. The second-order valence-electron chi connectivity index (χ2n) is 5.62. The Balaban J connectivity index is 1.78. The van der Waals surface area contributed by atoms with Crippen molar-refractivity contribution in [2.45, 2.75) is 24.9 Å². The summed E-state index contributed by atoms with van der Waals surface area (Å²) in [5, 5.41) is 5.38. The van der Waals surface area contributed by atoms with Gasteiger partial charge in [0.1, 0.15) is 0 Å². The molecule has 0 spiro atoms. The molecule has 1 amide bonds. The molecule has 0 aliphatic carbocycles. The van der Waals surface area contributed by atoms with E-state index in [9.17, 15) is 4.79 Å². The molecule has 2 bridgehead atoms. The van der Waals surface area contributed by atoms with Crippen molar-refractivity contribution in [2.24, 2.45) is 7.05 Å². The summed E-state index contributed by atoms with van der Waals surface area (Å²) in [6, 6.07) is 8.33. The Kier molecular flexibility index (Phi) is 2.57. The van der Waals surface area contributed by atoms with E-state index in [2.05, 4.69) is 5.10 Å². The Morgan fingerprint density at radius 2 is 1.95 bits per heavy atom. The zero-order valence-electron chi connectivity index (χ0n) is 11.5. The second-order valence-corrected chi connectivity index (χ2v) is 5.62. The summed E-state index contributed by atoms with van der Waals surface area (Å²) in [6.45, 7) is 1.32. The Hall–Kier alpha value is -1.88. The minimum Gasteiger partial charge on any atom is -0.377 e. The fourth-order valence-corrected chi connectivity index (χ4v) is 3.45. The first kappa shape index (κ1) is 11.9. The highest BCUT2D eigenvalue weighted by Crippen LogP contribution is 2.31. The number of hydrogen-bond donors (Lipinski definition) is 0. The molecule has 3 heterocycles. The molecule has 4 rings (SSSR count). The molecule has 2 aliphatic heterocycles. The van der Waals surface area contributed by atoms with E-state index >= 15 is 0 Å². The molecule has 0 radical (unpaired) electrons. The molecule has 2 fully saturated rings. The molecule has 5 heteroatoms. The summed E-state index contributed by atoms with van der Waals surface area (Å²) >= 11 is 0. The third-order valence-electron chi connectivity index (χ3n) is 4.44. The van der Waals surface area contributed by atoms with E-state index in [4.69, 9.17) is 4.74 Å². The standard InChI is InChI=1S/C15H17N3O2/c1-17-13-5-3-2-4-12(13)14(16-17)15(19)18-10-6-7-11(18)9-20-8-10/h2-5,10-11H,6-9H2,1H3. The van der Waals surface area contributed by atoms with Crippen molar-refractivity contribution in [1.82, 2.24) is 14.7 Å². The van der Waals surface area contributed by atoms with E-state index < -0.39 is 0 Å². The van der Waals surface area contributed by atoms with Gasteiger partial charge >= 0.3 is 0 Å². The maximum Gasteiger partial charge on any atom is 0.275 e. The van der Waals surface area contributed by atoms with Gasteiger partial charge in [-0.15, -0.1) is 0 Å². The first-order valence-electron chi connectivity index (χ1n) is 7.08. The Bertz CT molecular complexity index is 663. The summed E-state index contributed by atoms with van der Waals surface area (Å²) in [7, 11) is 1.88. The molecule has 20 heavy (non-hydrogen) atoms. The maximum absolute atomic E-state index is 12.9. The van der Waals surface area contributed by atoms with Gasteiger partial charge in [-0.2, -0.15) is 5.10 Å². The van der Waals surface area contributed by atoms with E-state index in [1.165, 1.54) is 0 Å². The number of amides is 1. The second kappa shape index (κ2) is 4.31. The van der Waals surface area contributed by atoms with Crippen molar-refractivity contribution in [3.63, 3.8) is 0 Å². The predicted molar refractivity (Wildman–Crippen MR) is 74.5 cm³/mol. The summed E-state index contributed by atoms with van der Waals surface area (Å²) in [4.78, 5) is 14.9. The number of benzene rings is 1. The van der Waals surface area contributed by atoms with Crippen LogP contribution in [0.3, 0.4) is 0 Å². The topological polar surface area (TPSA) is 47.4 Å². The van der Waals surface area contributed by atoms with Crippen molar-refractivity contribution in [1.29, 1.82) is 0 Å². The highest BCUT2D eigenvalue weighted by molar-refractivity contribution is 6.05. The van der Waals surface area contributed by atoms with Crippen LogP contribution in [0.4, 0.5) is 0 Å². The molecule has 1 aromatic carbocycles. The first-order chi connectivity index (χ1) is 9.75. The minimum absolute atomic E-state index is 0.0533. The van der Waals surface area contributed by atoms with Crippen molar-refractivity contribution >= 4 is 16.8 Å². The number of hydrogen-bond acceptors (Lipinski definition) is 3. The monoisotopic (exact) mass is 271 g/mol. The van der Waals surface area contributed by atoms with Gasteiger partial charge in [-0.05, 0) is 18.9 Å². The van der Waals surface area contributed by atoms with Crippen LogP contribution in [0.15, 0.2) is 24.3 Å². The lowest BCUT2D eigenvalue weighted by Crippen LogP contribution is -2.49. The van der Waals surface area contributed by atoms with Gasteiger partial charge in [-0.25, -0.2) is 0 Å². The molecular weight excluding hydrogens is 254 g/mol. The van der Waals surface area contributed by atoms with Gasteiger partial charge < -0.3 is 9.64 Å². The van der Waals surface area contributed by atoms with Crippen LogP contribution in [-0.4, -0.2) is 45.9 Å². The predicted octanol–water partition coefficient (Wildman–Crippen LogP) is 1.58. The number of para-hydroxylation sites is 1. The largest absolute Gasteiger partial charge is 0.377 e. The number of aromatic nitrogens is 2. The van der Waals surface area contributed by atoms with Crippen LogP contribution in [0.1, 0.15) is 23.3 Å². The van der Waals surface area contributed by atoms with Crippen LogP contribution in [0.25, 0.3) is 10.9 Å². The van der Waals surface area contributed by atoms with Crippen LogP contribution in [0, 0.1) is 0 Å². The molecule has 2 atom stereocenters. The molecule has 2 aromatic rings. The van der Waals surface area contributed by atoms with E-state index in [0.717, 1.165) is 23.7 Å². The normalized spacial score (nSPS) is 25.4. The molecule has 2 saturated heterocycles. The summed E-state index contributed by atoms with van der Waals surface area (Å²) in [5.41, 5.74) is 1.57. The Labute approximate surface area is 117 Å². The maximum atomic E-state index is 12.9. The molecule has 2 aliphatic rings. The lowest BCUT2D eigenvalue weighted by molar-refractivity contribution is -0.00739. The summed E-state index contributed by atoms with van der Waals surface area (Å²) in [5.74, 6) is 0.0533. The SMILES string of the molecule is Cn1nc(C(=O)N2C3CCC2COC3)c2ccccc21. The van der Waals surface area contributed by atoms with Crippen molar-refractivity contribution in [3.8, 4) is 0 Å². The number of nitrogens with zero attached hydrogens (tertiary/aromatic N) is 3. The highest BCUT2D eigenvalue weighted by Gasteiger charge is 2.41. The number of ether oxygens (including phenoxy) is 1. The van der Waals surface area contributed by atoms with E-state index in [-0.39, 0.29) is 18.0 Å². The van der Waals surface area contributed by atoms with Gasteiger partial charge in [-0.3, -0.25) is 9.48 Å². The summed E-state index contributed by atoms with van der Waals surface area (Å²) in [6.07, 6.45) is 2.09. The van der Waals surface area contributed by atoms with E-state index in [1.54, 1.807) is 4.68 Å². The molecule has 104 valence electrons. The van der Waals surface area contributed by atoms with Gasteiger partial charge in [-0.1, -0.05) is 18.2 Å². The Morgan fingerprint density at radius 3 is 2.70 bits per heavy atom. The van der Waals surface area contributed by atoms with Crippen LogP contribution in [-0.2, 0) is 11.8 Å². The zero-order valence-corrected chi connectivity index (χ0v) is 11.5. The number of aryl methyl sites for hydroxylation is 1. The highest BCUT2D eigenvalue weighted by atomic mass is 16.5. The molecule has 0 N–H and O–H groups in total. The number of rotatable bonds is 1. The molecule has 1 aromatic heterocycles. The average molecular weight is 271 g/mol. The van der Waals surface area contributed by atoms with E-state index in [1.807, 2.05) is 36.2 Å². The number of carbonyl (C=O) groups excluding carboxylic acids is 1. The van der Waals surface area contributed by atoms with Crippen molar-refractivity contribution in [3.05, 3.63) is 30.0 Å². The molecule has 5 nitrogen and oxygen atoms in total.